The van der Waals surface area contributed by atoms with Gasteiger partial charge in [0, 0.05) is 36.7 Å². The number of hydrogen-bond donors (Lipinski definition) is 2. The lowest BCUT2D eigenvalue weighted by atomic mass is 9.84. The summed E-state index contributed by atoms with van der Waals surface area (Å²) in [4.78, 5) is 17.6. The molecule has 0 unspecified atom stereocenters. The molecule has 1 atom stereocenters. The molecule has 7 heteroatoms. The zero-order chi connectivity index (χ0) is 17.5. The second kappa shape index (κ2) is 6.55. The Balaban J connectivity index is 1.34. The van der Waals surface area contributed by atoms with Crippen LogP contribution in [-0.4, -0.2) is 73.0 Å². The summed E-state index contributed by atoms with van der Waals surface area (Å²) in [6, 6.07) is 6.42. The van der Waals surface area contributed by atoms with Crippen molar-refractivity contribution in [3.05, 3.63) is 23.9 Å². The van der Waals surface area contributed by atoms with Crippen LogP contribution in [0, 0.1) is 5.92 Å². The lowest BCUT2D eigenvalue weighted by Crippen LogP contribution is -2.57. The Bertz CT molecular complexity index is 805. The third-order valence-corrected chi connectivity index (χ3v) is 6.11. The first-order chi connectivity index (χ1) is 12.8. The van der Waals surface area contributed by atoms with Crippen LogP contribution in [0.3, 0.4) is 0 Å². The highest BCUT2D eigenvalue weighted by atomic mass is 16.5. The highest BCUT2D eigenvalue weighted by molar-refractivity contribution is 6.05. The number of piperidine rings is 3. The molecular weight excluding hydrogens is 330 g/mol. The minimum absolute atomic E-state index is 0.0610. The van der Waals surface area contributed by atoms with Crippen molar-refractivity contribution < 1.29 is 9.53 Å². The van der Waals surface area contributed by atoms with Crippen molar-refractivity contribution in [3.8, 4) is 0 Å². The summed E-state index contributed by atoms with van der Waals surface area (Å²) in [5.41, 5.74) is 2.56. The van der Waals surface area contributed by atoms with Gasteiger partial charge in [-0.05, 0) is 50.0 Å². The zero-order valence-corrected chi connectivity index (χ0v) is 14.9. The van der Waals surface area contributed by atoms with Crippen LogP contribution in [0.2, 0.25) is 0 Å². The number of benzene rings is 1. The second-order valence-corrected chi connectivity index (χ2v) is 7.62. The lowest BCUT2D eigenvalue weighted by Gasteiger charge is -2.44. The fourth-order valence-electron chi connectivity index (χ4n) is 4.56. The standard InChI is InChI=1S/C19H25N5O2/c25-19(20-17-12-23-5-3-13(17)4-6-23)18-15-2-1-14(11-16(15)21-22-18)24-7-9-26-10-8-24/h1-2,11,13,17H,3-10,12H2,(H,20,25)(H,21,22)/t17-/m1/s1. The van der Waals surface area contributed by atoms with E-state index < -0.39 is 0 Å². The quantitative estimate of drug-likeness (QED) is 0.866. The Kier molecular flexibility index (Phi) is 4.05. The highest BCUT2D eigenvalue weighted by Gasteiger charge is 2.35. The summed E-state index contributed by atoms with van der Waals surface area (Å²) in [6.45, 7) is 6.63. The van der Waals surface area contributed by atoms with E-state index in [-0.39, 0.29) is 11.9 Å². The number of nitrogens with one attached hydrogen (secondary N) is 2. The third-order valence-electron chi connectivity index (χ3n) is 6.11. The smallest absolute Gasteiger partial charge is 0.272 e. The van der Waals surface area contributed by atoms with Gasteiger partial charge in [-0.3, -0.25) is 9.89 Å². The van der Waals surface area contributed by atoms with Gasteiger partial charge in [0.25, 0.3) is 5.91 Å². The van der Waals surface area contributed by atoms with Gasteiger partial charge in [0.2, 0.25) is 0 Å². The van der Waals surface area contributed by atoms with E-state index >= 15 is 0 Å². The van der Waals surface area contributed by atoms with Crippen LogP contribution in [0.25, 0.3) is 10.9 Å². The highest BCUT2D eigenvalue weighted by Crippen LogP contribution is 2.28. The maximum Gasteiger partial charge on any atom is 0.272 e. The molecule has 26 heavy (non-hydrogen) atoms. The molecular formula is C19H25N5O2. The molecule has 4 fully saturated rings. The number of aromatic nitrogens is 2. The van der Waals surface area contributed by atoms with E-state index in [1.165, 1.54) is 25.9 Å². The Labute approximate surface area is 152 Å². The molecule has 4 saturated heterocycles. The Morgan fingerprint density at radius 2 is 2.00 bits per heavy atom. The van der Waals surface area contributed by atoms with Gasteiger partial charge in [0.1, 0.15) is 0 Å². The number of nitrogens with zero attached hydrogens (tertiary/aromatic N) is 3. The number of hydrogen-bond acceptors (Lipinski definition) is 5. The molecule has 0 spiro atoms. The summed E-state index contributed by atoms with van der Waals surface area (Å²) in [5.74, 6) is 0.552. The number of carbonyl (C=O) groups is 1. The predicted molar refractivity (Wildman–Crippen MR) is 99.5 cm³/mol. The molecule has 6 rings (SSSR count). The number of amides is 1. The molecule has 4 aliphatic heterocycles. The van der Waals surface area contributed by atoms with Crippen molar-refractivity contribution in [2.24, 2.45) is 5.92 Å². The molecule has 1 aromatic heterocycles. The van der Waals surface area contributed by atoms with Gasteiger partial charge < -0.3 is 19.9 Å². The van der Waals surface area contributed by atoms with Crippen molar-refractivity contribution >= 4 is 22.5 Å². The molecule has 138 valence electrons. The molecule has 0 radical (unpaired) electrons. The third kappa shape index (κ3) is 2.85. The SMILES string of the molecule is O=C(N[C@@H]1CN2CCC1CC2)c1n[nH]c2cc(N3CCOCC3)ccc12. The van der Waals surface area contributed by atoms with E-state index in [0.717, 1.165) is 49.4 Å². The van der Waals surface area contributed by atoms with Gasteiger partial charge in [-0.2, -0.15) is 5.10 Å². The van der Waals surface area contributed by atoms with Crippen LogP contribution in [-0.2, 0) is 4.74 Å². The van der Waals surface area contributed by atoms with Crippen molar-refractivity contribution in [2.75, 3.05) is 50.8 Å². The van der Waals surface area contributed by atoms with Gasteiger partial charge in [-0.15, -0.1) is 0 Å². The first-order valence-corrected chi connectivity index (χ1v) is 9.62. The first-order valence-electron chi connectivity index (χ1n) is 9.62. The number of carbonyl (C=O) groups excluding carboxylic acids is 1. The minimum Gasteiger partial charge on any atom is -0.378 e. The molecule has 0 aliphatic carbocycles. The van der Waals surface area contributed by atoms with Crippen LogP contribution in [0.5, 0.6) is 0 Å². The summed E-state index contributed by atoms with van der Waals surface area (Å²) in [5, 5.41) is 11.5. The molecule has 0 saturated carbocycles. The van der Waals surface area contributed by atoms with Crippen LogP contribution in [0.15, 0.2) is 18.2 Å². The number of anilines is 1. The number of morpholine rings is 1. The molecule has 1 amide bonds. The topological polar surface area (TPSA) is 73.5 Å². The van der Waals surface area contributed by atoms with Crippen molar-refractivity contribution in [1.29, 1.82) is 0 Å². The van der Waals surface area contributed by atoms with Gasteiger partial charge in [0.15, 0.2) is 5.69 Å². The second-order valence-electron chi connectivity index (χ2n) is 7.62. The Morgan fingerprint density at radius 3 is 2.73 bits per heavy atom. The van der Waals surface area contributed by atoms with Crippen LogP contribution >= 0.6 is 0 Å². The van der Waals surface area contributed by atoms with Crippen molar-refractivity contribution in [3.63, 3.8) is 0 Å². The van der Waals surface area contributed by atoms with Crippen LogP contribution < -0.4 is 10.2 Å². The number of rotatable bonds is 3. The normalized spacial score (nSPS) is 28.5. The van der Waals surface area contributed by atoms with Gasteiger partial charge in [0.05, 0.1) is 18.7 Å². The van der Waals surface area contributed by atoms with Gasteiger partial charge in [-0.25, -0.2) is 0 Å². The number of ether oxygens (including phenoxy) is 1. The monoisotopic (exact) mass is 355 g/mol. The minimum atomic E-state index is -0.0610. The molecule has 2 bridgehead atoms. The molecule has 4 aliphatic rings. The predicted octanol–water partition coefficient (Wildman–Crippen LogP) is 1.22. The molecule has 1 aromatic carbocycles. The maximum absolute atomic E-state index is 12.8. The summed E-state index contributed by atoms with van der Waals surface area (Å²) in [7, 11) is 0. The average molecular weight is 355 g/mol. The largest absolute Gasteiger partial charge is 0.378 e. The molecule has 7 nitrogen and oxygen atoms in total. The van der Waals surface area contributed by atoms with Crippen molar-refractivity contribution in [1.82, 2.24) is 20.4 Å². The summed E-state index contributed by atoms with van der Waals surface area (Å²) in [6.07, 6.45) is 2.38. The molecule has 5 heterocycles. The van der Waals surface area contributed by atoms with Crippen molar-refractivity contribution in [2.45, 2.75) is 18.9 Å². The lowest BCUT2D eigenvalue weighted by molar-refractivity contribution is 0.0618. The average Bonchev–Trinajstić information content (AvgIpc) is 3.13. The molecule has 2 N–H and O–H groups in total. The fraction of sp³-hybridized carbons (Fsp3) is 0.579. The maximum atomic E-state index is 12.8. The van der Waals surface area contributed by atoms with E-state index in [4.69, 9.17) is 4.74 Å². The van der Waals surface area contributed by atoms with E-state index in [1.807, 2.05) is 6.07 Å². The summed E-state index contributed by atoms with van der Waals surface area (Å²) >= 11 is 0. The van der Waals surface area contributed by atoms with Crippen LogP contribution in [0.1, 0.15) is 23.3 Å². The molecule has 2 aromatic rings. The Morgan fingerprint density at radius 1 is 1.19 bits per heavy atom. The van der Waals surface area contributed by atoms with Gasteiger partial charge in [-0.1, -0.05) is 0 Å². The van der Waals surface area contributed by atoms with E-state index in [1.54, 1.807) is 0 Å². The van der Waals surface area contributed by atoms with Crippen LogP contribution in [0.4, 0.5) is 5.69 Å². The van der Waals surface area contributed by atoms with E-state index in [0.29, 0.717) is 11.6 Å². The number of aromatic amines is 1. The first kappa shape index (κ1) is 16.1. The number of fused-ring (bicyclic) bond motifs is 4. The Hall–Kier alpha value is -2.12. The van der Waals surface area contributed by atoms with E-state index in [2.05, 4.69) is 37.4 Å². The zero-order valence-electron chi connectivity index (χ0n) is 14.9. The fourth-order valence-corrected chi connectivity index (χ4v) is 4.56. The number of H-pyrrole nitrogens is 1. The van der Waals surface area contributed by atoms with E-state index in [9.17, 15) is 4.79 Å². The van der Waals surface area contributed by atoms with Gasteiger partial charge >= 0.3 is 0 Å². The summed E-state index contributed by atoms with van der Waals surface area (Å²) < 4.78 is 5.42.